The highest BCUT2D eigenvalue weighted by Crippen LogP contribution is 2.33. The number of halogens is 2. The number of fused-ring (bicyclic) bond motifs is 2. The molecule has 3 aromatic rings. The Bertz CT molecular complexity index is 1340. The van der Waals surface area contributed by atoms with E-state index in [1.165, 1.54) is 0 Å². The zero-order valence-electron chi connectivity index (χ0n) is 18.8. The second-order valence-electron chi connectivity index (χ2n) is 8.30. The van der Waals surface area contributed by atoms with Gasteiger partial charge in [-0.1, -0.05) is 35.3 Å². The van der Waals surface area contributed by atoms with E-state index in [1.54, 1.807) is 24.3 Å². The van der Waals surface area contributed by atoms with E-state index >= 15 is 0 Å². The summed E-state index contributed by atoms with van der Waals surface area (Å²) in [5.41, 5.74) is 4.13. The molecule has 0 spiro atoms. The summed E-state index contributed by atoms with van der Waals surface area (Å²) >= 11 is 12.4. The van der Waals surface area contributed by atoms with Gasteiger partial charge in [-0.2, -0.15) is 5.10 Å². The molecule has 1 N–H and O–H groups in total. The number of amides is 1. The first-order chi connectivity index (χ1) is 17.0. The lowest BCUT2D eigenvalue weighted by Gasteiger charge is -2.19. The Labute approximate surface area is 215 Å². The molecule has 2 aromatic carbocycles. The lowest BCUT2D eigenvalue weighted by Crippen LogP contribution is -2.25. The topological polar surface area (TPSA) is 82.5 Å². The molecule has 35 heavy (non-hydrogen) atoms. The maximum absolute atomic E-state index is 12.7. The minimum absolute atomic E-state index is 0.109. The summed E-state index contributed by atoms with van der Waals surface area (Å²) in [6.07, 6.45) is 6.64. The number of aryl methyl sites for hydroxylation is 1. The van der Waals surface area contributed by atoms with Crippen LogP contribution in [0.1, 0.15) is 36.1 Å². The van der Waals surface area contributed by atoms with Crippen LogP contribution in [0.2, 0.25) is 10.0 Å². The van der Waals surface area contributed by atoms with Crippen LogP contribution in [0.4, 0.5) is 0 Å². The Balaban J connectivity index is 1.28. The van der Waals surface area contributed by atoms with Gasteiger partial charge >= 0.3 is 0 Å². The zero-order chi connectivity index (χ0) is 24.4. The quantitative estimate of drug-likeness (QED) is 0.486. The lowest BCUT2D eigenvalue weighted by molar-refractivity contribution is -0.118. The third-order valence-electron chi connectivity index (χ3n) is 5.91. The van der Waals surface area contributed by atoms with Gasteiger partial charge in [0, 0.05) is 22.5 Å². The van der Waals surface area contributed by atoms with Crippen LogP contribution in [-0.4, -0.2) is 33.1 Å². The summed E-state index contributed by atoms with van der Waals surface area (Å²) in [6, 6.07) is 10.4. The summed E-state index contributed by atoms with van der Waals surface area (Å²) in [4.78, 5) is 13.1. The summed E-state index contributed by atoms with van der Waals surface area (Å²) in [5.74, 6) is 0.810. The van der Waals surface area contributed by atoms with Crippen LogP contribution in [-0.2, 0) is 28.7 Å². The summed E-state index contributed by atoms with van der Waals surface area (Å²) in [7, 11) is -1.70. The van der Waals surface area contributed by atoms with Crippen molar-refractivity contribution in [2.24, 2.45) is 0 Å². The largest absolute Gasteiger partial charge is 0.486 e. The van der Waals surface area contributed by atoms with Crippen LogP contribution in [0, 0.1) is 0 Å². The molecular weight excluding hydrogens is 509 g/mol. The smallest absolute Gasteiger partial charge is 0.235 e. The Morgan fingerprint density at radius 2 is 1.94 bits per heavy atom. The van der Waals surface area contributed by atoms with Crippen molar-refractivity contribution < 1.29 is 18.5 Å². The summed E-state index contributed by atoms with van der Waals surface area (Å²) < 4.78 is 28.2. The van der Waals surface area contributed by atoms with Gasteiger partial charge in [0.25, 0.3) is 0 Å². The molecule has 2 heterocycles. The molecule has 182 valence electrons. The summed E-state index contributed by atoms with van der Waals surface area (Å²) in [5, 5.41) is 5.74. The van der Waals surface area contributed by atoms with Crippen molar-refractivity contribution in [2.75, 3.05) is 13.2 Å². The number of allylic oxidation sites excluding steroid dienone is 1. The van der Waals surface area contributed by atoms with E-state index in [4.69, 9.17) is 32.7 Å². The van der Waals surface area contributed by atoms with Gasteiger partial charge in [0.05, 0.1) is 23.3 Å². The van der Waals surface area contributed by atoms with Crippen molar-refractivity contribution in [2.45, 2.75) is 37.1 Å². The number of benzene rings is 2. The van der Waals surface area contributed by atoms with Crippen molar-refractivity contribution in [3.05, 3.63) is 75.5 Å². The number of hydrogen-bond donors (Lipinski definition) is 1. The fourth-order valence-electron chi connectivity index (χ4n) is 4.26. The molecule has 0 saturated heterocycles. The molecule has 1 aliphatic heterocycles. The van der Waals surface area contributed by atoms with Crippen LogP contribution in [0.25, 0.3) is 5.57 Å². The monoisotopic (exact) mass is 531 g/mol. The third-order valence-corrected chi connectivity index (χ3v) is 7.60. The van der Waals surface area contributed by atoms with E-state index in [9.17, 15) is 9.00 Å². The Hall–Kier alpha value is -2.81. The van der Waals surface area contributed by atoms with E-state index in [2.05, 4.69) is 9.82 Å². The molecule has 1 atom stereocenters. The Morgan fingerprint density at radius 1 is 1.11 bits per heavy atom. The molecular formula is C25H23Cl2N3O4S. The van der Waals surface area contributed by atoms with Gasteiger partial charge < -0.3 is 9.47 Å². The molecule has 1 unspecified atom stereocenters. The number of carbonyl (C=O) groups is 1. The van der Waals surface area contributed by atoms with E-state index < -0.39 is 11.0 Å². The summed E-state index contributed by atoms with van der Waals surface area (Å²) in [6.45, 7) is 1.42. The fraction of sp³-hybridized carbons (Fsp3) is 0.280. The number of ether oxygens (including phenoxy) is 2. The van der Waals surface area contributed by atoms with E-state index in [1.807, 2.05) is 29.1 Å². The number of carbonyl (C=O) groups excluding carboxylic acids is 1. The molecule has 2 aliphatic rings. The maximum atomic E-state index is 12.7. The SMILES string of the molecule is O=C(C/C=C1\CCCc2cnn(Cc3ccc(Cl)cc3Cl)c21)NS(=O)c1ccc2c(c1)OCCO2. The molecule has 1 aromatic heterocycles. The first kappa shape index (κ1) is 23.9. The normalized spacial score (nSPS) is 16.6. The predicted octanol–water partition coefficient (Wildman–Crippen LogP) is 4.96. The Morgan fingerprint density at radius 3 is 2.77 bits per heavy atom. The van der Waals surface area contributed by atoms with Crippen molar-refractivity contribution in [1.29, 1.82) is 0 Å². The van der Waals surface area contributed by atoms with Crippen molar-refractivity contribution >= 4 is 45.7 Å². The Kier molecular flexibility index (Phi) is 7.13. The molecule has 0 fully saturated rings. The molecule has 1 aliphatic carbocycles. The van der Waals surface area contributed by atoms with Gasteiger partial charge in [0.2, 0.25) is 5.91 Å². The van der Waals surface area contributed by atoms with Crippen molar-refractivity contribution in [3.8, 4) is 11.5 Å². The average molecular weight is 532 g/mol. The molecule has 0 saturated carbocycles. The van der Waals surface area contributed by atoms with Crippen LogP contribution < -0.4 is 14.2 Å². The van der Waals surface area contributed by atoms with Gasteiger partial charge in [0.1, 0.15) is 13.2 Å². The standard InChI is InChI=1S/C25H23Cl2N3O4S/c26-19-6-4-18(21(27)12-19)15-30-25-16(2-1-3-17(25)14-28-30)5-9-24(31)29-35(32)20-7-8-22-23(13-20)34-11-10-33-22/h4-8,12-14H,1-3,9-11,15H2,(H,29,31)/b16-5+. The number of hydrogen-bond acceptors (Lipinski definition) is 5. The van der Waals surface area contributed by atoms with Crippen LogP contribution in [0.15, 0.2) is 53.6 Å². The van der Waals surface area contributed by atoms with Gasteiger partial charge in [-0.25, -0.2) is 4.21 Å². The highest BCUT2D eigenvalue weighted by atomic mass is 35.5. The van der Waals surface area contributed by atoms with Crippen LogP contribution >= 0.6 is 23.2 Å². The molecule has 10 heteroatoms. The molecule has 5 rings (SSSR count). The number of rotatable bonds is 6. The van der Waals surface area contributed by atoms with Crippen molar-refractivity contribution in [1.82, 2.24) is 14.5 Å². The molecule has 0 bridgehead atoms. The van der Waals surface area contributed by atoms with Crippen molar-refractivity contribution in [3.63, 3.8) is 0 Å². The predicted molar refractivity (Wildman–Crippen MR) is 135 cm³/mol. The zero-order valence-corrected chi connectivity index (χ0v) is 21.1. The van der Waals surface area contributed by atoms with E-state index in [0.717, 1.165) is 41.7 Å². The maximum Gasteiger partial charge on any atom is 0.235 e. The van der Waals surface area contributed by atoms with Gasteiger partial charge in [-0.3, -0.25) is 14.2 Å². The van der Waals surface area contributed by atoms with Crippen LogP contribution in [0.5, 0.6) is 11.5 Å². The number of nitrogens with one attached hydrogen (secondary N) is 1. The number of aromatic nitrogens is 2. The van der Waals surface area contributed by atoms with E-state index in [0.29, 0.717) is 46.2 Å². The van der Waals surface area contributed by atoms with E-state index in [-0.39, 0.29) is 12.3 Å². The van der Waals surface area contributed by atoms with Gasteiger partial charge in [0.15, 0.2) is 22.5 Å². The molecule has 0 radical (unpaired) electrons. The average Bonchev–Trinajstić information content (AvgIpc) is 3.27. The molecule has 7 nitrogen and oxygen atoms in total. The minimum atomic E-state index is -1.70. The van der Waals surface area contributed by atoms with Gasteiger partial charge in [-0.15, -0.1) is 0 Å². The molecule has 1 amide bonds. The highest BCUT2D eigenvalue weighted by molar-refractivity contribution is 7.83. The first-order valence-corrected chi connectivity index (χ1v) is 13.2. The lowest BCUT2D eigenvalue weighted by atomic mass is 9.92. The minimum Gasteiger partial charge on any atom is -0.486 e. The van der Waals surface area contributed by atoms with Crippen LogP contribution in [0.3, 0.4) is 0 Å². The first-order valence-electron chi connectivity index (χ1n) is 11.3. The highest BCUT2D eigenvalue weighted by Gasteiger charge is 2.21. The second-order valence-corrected chi connectivity index (χ2v) is 10.4. The number of nitrogens with zero attached hydrogens (tertiary/aromatic N) is 2. The fourth-order valence-corrected chi connectivity index (χ4v) is 5.54. The third kappa shape index (κ3) is 5.39. The van der Waals surface area contributed by atoms with Gasteiger partial charge in [-0.05, 0) is 60.2 Å². The second kappa shape index (κ2) is 10.4.